The number of benzene rings is 2. The summed E-state index contributed by atoms with van der Waals surface area (Å²) in [6.45, 7) is 5.06. The lowest BCUT2D eigenvalue weighted by Crippen LogP contribution is -2.19. The smallest absolute Gasteiger partial charge is 0.286 e. The molecule has 4 rings (SSSR count). The van der Waals surface area contributed by atoms with Crippen molar-refractivity contribution in [2.45, 2.75) is 20.4 Å². The van der Waals surface area contributed by atoms with Crippen molar-refractivity contribution in [3.05, 3.63) is 69.3 Å². The molecule has 4 aromatic rings. The number of rotatable bonds is 4. The Balaban J connectivity index is 1.88. The lowest BCUT2D eigenvalue weighted by Gasteiger charge is -2.07. The maximum absolute atomic E-state index is 12.8. The highest BCUT2D eigenvalue weighted by Gasteiger charge is 2.16. The Morgan fingerprint density at radius 3 is 2.79 bits per heavy atom. The summed E-state index contributed by atoms with van der Waals surface area (Å²) < 4.78 is 14.1. The Morgan fingerprint density at radius 1 is 1.18 bits per heavy atom. The first-order valence-corrected chi connectivity index (χ1v) is 9.80. The van der Waals surface area contributed by atoms with Crippen molar-refractivity contribution in [3.63, 3.8) is 0 Å². The van der Waals surface area contributed by atoms with Gasteiger partial charge in [0, 0.05) is 6.54 Å². The molecule has 0 bridgehead atoms. The minimum absolute atomic E-state index is 0.0798. The third-order valence-electron chi connectivity index (χ3n) is 4.39. The first-order valence-electron chi connectivity index (χ1n) is 8.98. The van der Waals surface area contributed by atoms with Crippen molar-refractivity contribution in [2.24, 2.45) is 4.99 Å². The van der Waals surface area contributed by atoms with Gasteiger partial charge in [-0.25, -0.2) is 0 Å². The van der Waals surface area contributed by atoms with E-state index in [9.17, 15) is 9.59 Å². The second-order valence-electron chi connectivity index (χ2n) is 6.06. The summed E-state index contributed by atoms with van der Waals surface area (Å²) in [5.41, 5.74) is 0.878. The molecule has 0 unspecified atom stereocenters. The molecule has 2 aromatic carbocycles. The fraction of sp³-hybridized carbons (Fsp3) is 0.190. The molecular formula is C21H18N2O4S. The van der Waals surface area contributed by atoms with Gasteiger partial charge < -0.3 is 13.7 Å². The van der Waals surface area contributed by atoms with Crippen LogP contribution in [-0.2, 0) is 6.54 Å². The molecule has 0 saturated carbocycles. The number of amides is 1. The van der Waals surface area contributed by atoms with Gasteiger partial charge in [-0.1, -0.05) is 29.5 Å². The highest BCUT2D eigenvalue weighted by molar-refractivity contribution is 7.16. The van der Waals surface area contributed by atoms with Gasteiger partial charge >= 0.3 is 0 Å². The Morgan fingerprint density at radius 2 is 2.00 bits per heavy atom. The van der Waals surface area contributed by atoms with Crippen LogP contribution < -0.4 is 15.0 Å². The summed E-state index contributed by atoms with van der Waals surface area (Å²) in [5.74, 6) is 0.128. The van der Waals surface area contributed by atoms with E-state index in [0.717, 1.165) is 16.0 Å². The lowest BCUT2D eigenvalue weighted by atomic mass is 10.2. The minimum atomic E-state index is -0.619. The first kappa shape index (κ1) is 18.2. The van der Waals surface area contributed by atoms with Gasteiger partial charge in [-0.3, -0.25) is 9.59 Å². The number of thiazole rings is 1. The maximum Gasteiger partial charge on any atom is 0.286 e. The third-order valence-corrected chi connectivity index (χ3v) is 5.43. The number of nitrogens with zero attached hydrogens (tertiary/aromatic N) is 2. The van der Waals surface area contributed by atoms with Crippen molar-refractivity contribution in [3.8, 4) is 5.75 Å². The summed E-state index contributed by atoms with van der Waals surface area (Å²) in [4.78, 5) is 30.2. The number of carbonyl (C=O) groups is 1. The quantitative estimate of drug-likeness (QED) is 0.525. The predicted molar refractivity (Wildman–Crippen MR) is 109 cm³/mol. The first-order chi connectivity index (χ1) is 13.6. The number of hydrogen-bond acceptors (Lipinski definition) is 5. The molecule has 0 spiro atoms. The molecule has 0 N–H and O–H groups in total. The standard InChI is InChI=1S/C21H18N2O4S/c1-3-23-18-16(26-4-2)10-7-11-17(18)28-21(23)22-20(25)14-12-27-15-9-6-5-8-13(15)19(14)24/h5-12H,3-4H2,1-2H3. The van der Waals surface area contributed by atoms with Crippen LogP contribution in [-0.4, -0.2) is 17.1 Å². The number of aromatic nitrogens is 1. The van der Waals surface area contributed by atoms with Crippen LogP contribution in [0.3, 0.4) is 0 Å². The van der Waals surface area contributed by atoms with Crippen LogP contribution in [0.15, 0.2) is 62.9 Å². The van der Waals surface area contributed by atoms with E-state index in [1.807, 2.05) is 36.6 Å². The van der Waals surface area contributed by atoms with E-state index in [1.54, 1.807) is 24.3 Å². The second kappa shape index (κ2) is 7.44. The fourth-order valence-electron chi connectivity index (χ4n) is 3.12. The van der Waals surface area contributed by atoms with E-state index in [4.69, 9.17) is 9.15 Å². The molecule has 2 aromatic heterocycles. The Kier molecular flexibility index (Phi) is 4.83. The normalized spacial score (nSPS) is 12.0. The molecule has 0 aliphatic heterocycles. The zero-order chi connectivity index (χ0) is 19.7. The van der Waals surface area contributed by atoms with Gasteiger partial charge in [0.15, 0.2) is 4.80 Å². The third kappa shape index (κ3) is 3.03. The van der Waals surface area contributed by atoms with Crippen molar-refractivity contribution in [2.75, 3.05) is 6.61 Å². The Labute approximate surface area is 164 Å². The van der Waals surface area contributed by atoms with Crippen molar-refractivity contribution >= 4 is 38.4 Å². The fourth-order valence-corrected chi connectivity index (χ4v) is 4.23. The molecule has 0 saturated heterocycles. The van der Waals surface area contributed by atoms with Gasteiger partial charge in [-0.15, -0.1) is 0 Å². The second-order valence-corrected chi connectivity index (χ2v) is 7.07. The summed E-state index contributed by atoms with van der Waals surface area (Å²) in [6, 6.07) is 12.6. The average Bonchev–Trinajstić information content (AvgIpc) is 3.06. The number of ether oxygens (including phenoxy) is 1. The number of hydrogen-bond donors (Lipinski definition) is 0. The van der Waals surface area contributed by atoms with Crippen LogP contribution in [0.2, 0.25) is 0 Å². The zero-order valence-corrected chi connectivity index (χ0v) is 16.3. The molecule has 0 atom stereocenters. The van der Waals surface area contributed by atoms with E-state index < -0.39 is 5.91 Å². The van der Waals surface area contributed by atoms with Gasteiger partial charge in [0.25, 0.3) is 5.91 Å². The summed E-state index contributed by atoms with van der Waals surface area (Å²) >= 11 is 1.38. The molecule has 0 radical (unpaired) electrons. The van der Waals surface area contributed by atoms with Crippen molar-refractivity contribution in [1.82, 2.24) is 4.57 Å². The summed E-state index contributed by atoms with van der Waals surface area (Å²) in [6.07, 6.45) is 1.19. The average molecular weight is 394 g/mol. The molecule has 28 heavy (non-hydrogen) atoms. The summed E-state index contributed by atoms with van der Waals surface area (Å²) in [7, 11) is 0. The number of para-hydroxylation sites is 2. The topological polar surface area (TPSA) is 73.8 Å². The van der Waals surface area contributed by atoms with Crippen LogP contribution in [0.4, 0.5) is 0 Å². The van der Waals surface area contributed by atoms with Crippen LogP contribution in [0, 0.1) is 0 Å². The van der Waals surface area contributed by atoms with Crippen molar-refractivity contribution in [1.29, 1.82) is 0 Å². The number of carbonyl (C=O) groups excluding carboxylic acids is 1. The van der Waals surface area contributed by atoms with E-state index in [0.29, 0.717) is 28.9 Å². The van der Waals surface area contributed by atoms with E-state index in [1.165, 1.54) is 17.6 Å². The molecule has 0 aliphatic rings. The molecule has 2 heterocycles. The highest BCUT2D eigenvalue weighted by Crippen LogP contribution is 2.27. The van der Waals surface area contributed by atoms with Crippen molar-refractivity contribution < 1.29 is 13.9 Å². The van der Waals surface area contributed by atoms with Gasteiger partial charge in [0.1, 0.15) is 28.7 Å². The van der Waals surface area contributed by atoms with E-state index in [2.05, 4.69) is 4.99 Å². The molecule has 0 fully saturated rings. The molecule has 7 heteroatoms. The lowest BCUT2D eigenvalue weighted by molar-refractivity contribution is 0.0995. The van der Waals surface area contributed by atoms with Crippen LogP contribution >= 0.6 is 11.3 Å². The van der Waals surface area contributed by atoms with Gasteiger partial charge in [0.05, 0.1) is 16.7 Å². The Hall–Kier alpha value is -3.19. The monoisotopic (exact) mass is 394 g/mol. The molecule has 0 aliphatic carbocycles. The Bertz CT molecular complexity index is 1310. The molecule has 6 nitrogen and oxygen atoms in total. The van der Waals surface area contributed by atoms with Gasteiger partial charge in [-0.2, -0.15) is 4.99 Å². The maximum atomic E-state index is 12.8. The van der Waals surface area contributed by atoms with Gasteiger partial charge in [0.2, 0.25) is 5.43 Å². The number of aryl methyl sites for hydroxylation is 1. The molecule has 1 amide bonds. The van der Waals surface area contributed by atoms with E-state index in [-0.39, 0.29) is 11.0 Å². The minimum Gasteiger partial charge on any atom is -0.492 e. The molecular weight excluding hydrogens is 376 g/mol. The highest BCUT2D eigenvalue weighted by atomic mass is 32.1. The predicted octanol–water partition coefficient (Wildman–Crippen LogP) is 3.97. The SMILES string of the molecule is CCOc1cccc2sc(=NC(=O)c3coc4ccccc4c3=O)n(CC)c12. The zero-order valence-electron chi connectivity index (χ0n) is 15.5. The number of fused-ring (bicyclic) bond motifs is 2. The van der Waals surface area contributed by atoms with E-state index >= 15 is 0 Å². The van der Waals surface area contributed by atoms with Crippen LogP contribution in [0.25, 0.3) is 21.2 Å². The van der Waals surface area contributed by atoms with Crippen LogP contribution in [0.5, 0.6) is 5.75 Å². The molecule has 142 valence electrons. The summed E-state index contributed by atoms with van der Waals surface area (Å²) in [5, 5.41) is 0.363. The van der Waals surface area contributed by atoms with Crippen LogP contribution in [0.1, 0.15) is 24.2 Å². The van der Waals surface area contributed by atoms with Gasteiger partial charge in [-0.05, 0) is 38.1 Å². The largest absolute Gasteiger partial charge is 0.492 e.